The van der Waals surface area contributed by atoms with Crippen molar-refractivity contribution >= 4 is 16.4 Å². The van der Waals surface area contributed by atoms with Gasteiger partial charge in [-0.25, -0.2) is 0 Å². The van der Waals surface area contributed by atoms with Gasteiger partial charge in [-0.3, -0.25) is 8.42 Å². The molecule has 0 N–H and O–H groups in total. The van der Waals surface area contributed by atoms with Crippen molar-refractivity contribution in [3.8, 4) is 0 Å². The molecule has 0 unspecified atom stereocenters. The van der Waals surface area contributed by atoms with Crippen LogP contribution < -0.4 is 5.11 Å². The van der Waals surface area contributed by atoms with E-state index in [1.807, 2.05) is 0 Å². The first kappa shape index (κ1) is 22.5. The molecule has 0 aromatic carbocycles. The Bertz CT molecular complexity index is 163. The summed E-state index contributed by atoms with van der Waals surface area (Å²) in [7, 11) is -5.17. The van der Waals surface area contributed by atoms with Gasteiger partial charge in [0.2, 0.25) is 0 Å². The fraction of sp³-hybridized carbons (Fsp3) is 0.500. The van der Waals surface area contributed by atoms with Gasteiger partial charge in [-0.1, -0.05) is 0 Å². The molecule has 0 atom stereocenters. The smallest absolute Gasteiger partial charge is 0.759 e. The second-order valence-electron chi connectivity index (χ2n) is 0.900. The number of carboxylic acids is 1. The molecule has 0 saturated carbocycles. The molecular formula is C2H3FeO6SZn+. The Labute approximate surface area is 87.2 Å². The van der Waals surface area contributed by atoms with E-state index >= 15 is 0 Å². The second-order valence-corrected chi connectivity index (χ2v) is 1.72. The monoisotopic (exact) mass is 275 g/mol. The minimum Gasteiger partial charge on any atom is -0.759 e. The quantitative estimate of drug-likeness (QED) is 0.272. The van der Waals surface area contributed by atoms with Gasteiger partial charge in [0, 0.05) is 16.4 Å². The standard InChI is InChI=1S/C2H4O2.Fe.H2O4S.Zn/c1-2(3)4;;1-5(2,3)4;/h1H3,(H,3,4);;(H2,1,2,3,4);/q;+2;;+2/p-3. The zero-order valence-electron chi connectivity index (χ0n) is 5.42. The van der Waals surface area contributed by atoms with E-state index in [1.165, 1.54) is 0 Å². The third kappa shape index (κ3) is 3240. The van der Waals surface area contributed by atoms with Gasteiger partial charge in [0.1, 0.15) is 0 Å². The molecule has 0 spiro atoms. The second kappa shape index (κ2) is 10.5. The molecular weight excluding hydrogens is 273 g/mol. The van der Waals surface area contributed by atoms with Crippen LogP contribution in [-0.4, -0.2) is 23.5 Å². The average molecular weight is 276 g/mol. The molecule has 0 radical (unpaired) electrons. The van der Waals surface area contributed by atoms with E-state index < -0.39 is 16.4 Å². The van der Waals surface area contributed by atoms with Crippen LogP contribution in [0.4, 0.5) is 0 Å². The molecule has 0 rings (SSSR count). The number of carbonyl (C=O) groups excluding carboxylic acids is 1. The van der Waals surface area contributed by atoms with Crippen LogP contribution in [0.25, 0.3) is 0 Å². The SMILES string of the molecule is CC(=O)[O-].O=S(=O)([O-])[O-].[Fe+2].[Zn+2]. The molecule has 6 nitrogen and oxygen atoms in total. The molecule has 0 aromatic heterocycles. The maximum atomic E-state index is 8.89. The average Bonchev–Trinajstić information content (AvgIpc) is 1.19. The van der Waals surface area contributed by atoms with Crippen LogP contribution in [0.1, 0.15) is 6.92 Å². The Morgan fingerprint density at radius 3 is 1.27 bits per heavy atom. The Balaban J connectivity index is -0.0000000383. The van der Waals surface area contributed by atoms with Gasteiger partial charge in [0.15, 0.2) is 0 Å². The maximum absolute atomic E-state index is 8.89. The largest absolute Gasteiger partial charge is 2.00 e. The van der Waals surface area contributed by atoms with E-state index in [1.54, 1.807) is 0 Å². The molecule has 0 aliphatic heterocycles. The summed E-state index contributed by atoms with van der Waals surface area (Å²) in [4.78, 5) is 8.89. The first-order valence-corrected chi connectivity index (χ1v) is 2.91. The number of rotatable bonds is 0. The summed E-state index contributed by atoms with van der Waals surface area (Å²) in [6.07, 6.45) is 0. The third-order valence-electron chi connectivity index (χ3n) is 0. The van der Waals surface area contributed by atoms with Gasteiger partial charge in [-0.15, -0.1) is 0 Å². The minimum absolute atomic E-state index is 0. The zero-order chi connectivity index (χ0) is 8.08. The fourth-order valence-electron chi connectivity index (χ4n) is 0. The van der Waals surface area contributed by atoms with Crippen molar-refractivity contribution < 1.29 is 64.0 Å². The molecule has 0 amide bonds. The van der Waals surface area contributed by atoms with Crippen LogP contribution in [-0.2, 0) is 51.7 Å². The Morgan fingerprint density at radius 2 is 1.27 bits per heavy atom. The van der Waals surface area contributed by atoms with Gasteiger partial charge in [0.25, 0.3) is 0 Å². The summed E-state index contributed by atoms with van der Waals surface area (Å²) in [6.45, 7) is 0.972. The van der Waals surface area contributed by atoms with Crippen molar-refractivity contribution in [1.29, 1.82) is 0 Å². The van der Waals surface area contributed by atoms with Gasteiger partial charge >= 0.3 is 36.5 Å². The number of carbonyl (C=O) groups is 1. The van der Waals surface area contributed by atoms with Crippen molar-refractivity contribution in [2.45, 2.75) is 6.92 Å². The Hall–Kier alpha value is 0.483. The number of hydrogen-bond acceptors (Lipinski definition) is 6. The summed E-state index contributed by atoms with van der Waals surface area (Å²) in [6, 6.07) is 0. The summed E-state index contributed by atoms with van der Waals surface area (Å²) < 4.78 is 34.1. The van der Waals surface area contributed by atoms with Gasteiger partial charge in [-0.05, 0) is 6.92 Å². The van der Waals surface area contributed by atoms with Crippen LogP contribution in [0, 0.1) is 0 Å². The van der Waals surface area contributed by atoms with Gasteiger partial charge < -0.3 is 19.0 Å². The first-order valence-electron chi connectivity index (χ1n) is 1.57. The van der Waals surface area contributed by atoms with Gasteiger partial charge in [0.05, 0.1) is 0 Å². The predicted molar refractivity (Wildman–Crippen MR) is 21.2 cm³/mol. The Kier molecular flexibility index (Phi) is 21.5. The maximum Gasteiger partial charge on any atom is 2.00 e. The van der Waals surface area contributed by atoms with Crippen molar-refractivity contribution in [3.63, 3.8) is 0 Å². The first-order chi connectivity index (χ1) is 3.73. The predicted octanol–water partition coefficient (Wildman–Crippen LogP) is -2.59. The van der Waals surface area contributed by atoms with Crippen molar-refractivity contribution in [1.82, 2.24) is 0 Å². The summed E-state index contributed by atoms with van der Waals surface area (Å²) in [5.41, 5.74) is 0. The molecule has 0 aliphatic carbocycles. The van der Waals surface area contributed by atoms with E-state index in [0.29, 0.717) is 0 Å². The Morgan fingerprint density at radius 1 is 1.27 bits per heavy atom. The molecule has 0 heterocycles. The van der Waals surface area contributed by atoms with Crippen LogP contribution in [0.3, 0.4) is 0 Å². The van der Waals surface area contributed by atoms with Crippen LogP contribution in [0.5, 0.6) is 0 Å². The molecule has 0 aromatic rings. The molecule has 0 fully saturated rings. The van der Waals surface area contributed by atoms with Crippen molar-refractivity contribution in [2.75, 3.05) is 0 Å². The van der Waals surface area contributed by atoms with Crippen molar-refractivity contribution in [3.05, 3.63) is 0 Å². The number of carboxylic acid groups (broad SMARTS) is 1. The van der Waals surface area contributed by atoms with E-state index in [-0.39, 0.29) is 36.5 Å². The van der Waals surface area contributed by atoms with E-state index in [4.69, 9.17) is 27.4 Å². The molecule has 9 heteroatoms. The third-order valence-corrected chi connectivity index (χ3v) is 0. The van der Waals surface area contributed by atoms with E-state index in [2.05, 4.69) is 0 Å². The van der Waals surface area contributed by atoms with Crippen molar-refractivity contribution in [2.24, 2.45) is 0 Å². The molecule has 0 bridgehead atoms. The zero-order valence-corrected chi connectivity index (χ0v) is 10.3. The fourth-order valence-corrected chi connectivity index (χ4v) is 0. The molecule has 0 saturated heterocycles. The molecule has 0 aliphatic rings. The minimum atomic E-state index is -5.17. The van der Waals surface area contributed by atoms with E-state index in [9.17, 15) is 0 Å². The normalized spacial score (nSPS) is 7.55. The summed E-state index contributed by atoms with van der Waals surface area (Å²) >= 11 is 0. The van der Waals surface area contributed by atoms with Crippen LogP contribution >= 0.6 is 0 Å². The molecule has 11 heavy (non-hydrogen) atoms. The number of aliphatic carboxylic acids is 1. The summed E-state index contributed by atoms with van der Waals surface area (Å²) in [5.74, 6) is -1.08. The molecule has 62 valence electrons. The van der Waals surface area contributed by atoms with Gasteiger partial charge in [-0.2, -0.15) is 0 Å². The van der Waals surface area contributed by atoms with Crippen LogP contribution in [0.2, 0.25) is 0 Å². The number of hydrogen-bond donors (Lipinski definition) is 0. The topological polar surface area (TPSA) is 120 Å². The summed E-state index contributed by atoms with van der Waals surface area (Å²) in [5, 5.41) is 8.89. The van der Waals surface area contributed by atoms with Crippen LogP contribution in [0.15, 0.2) is 0 Å². The van der Waals surface area contributed by atoms with E-state index in [0.717, 1.165) is 6.92 Å².